The standard InChI is InChI=1S/C24H23BrNO3S2/c1-4-14-30-24-21(26-12-10-16(3)11-13-26)19(15-20(27)29-5-2)23(31-24)22(28)17-6-8-18(25)9-7-17/h4,6-13H,1,5,14-15H2,2-3H3/q+1. The summed E-state index contributed by atoms with van der Waals surface area (Å²) in [6.07, 6.45) is 5.78. The van der Waals surface area contributed by atoms with Crippen molar-refractivity contribution in [2.45, 2.75) is 24.5 Å². The number of rotatable bonds is 9. The van der Waals surface area contributed by atoms with Gasteiger partial charge < -0.3 is 4.74 Å². The molecule has 4 nitrogen and oxygen atoms in total. The van der Waals surface area contributed by atoms with Crippen molar-refractivity contribution in [3.8, 4) is 5.69 Å². The van der Waals surface area contributed by atoms with Crippen LogP contribution in [0.15, 0.2) is 70.1 Å². The molecule has 1 aromatic carbocycles. The van der Waals surface area contributed by atoms with Crippen LogP contribution in [-0.2, 0) is 16.0 Å². The Morgan fingerprint density at radius 1 is 1.19 bits per heavy atom. The van der Waals surface area contributed by atoms with E-state index >= 15 is 0 Å². The highest BCUT2D eigenvalue weighted by molar-refractivity contribution is 9.10. The quantitative estimate of drug-likeness (QED) is 0.120. The first-order valence-electron chi connectivity index (χ1n) is 9.78. The Labute approximate surface area is 199 Å². The second kappa shape index (κ2) is 10.9. The summed E-state index contributed by atoms with van der Waals surface area (Å²) >= 11 is 6.43. The normalized spacial score (nSPS) is 10.7. The van der Waals surface area contributed by atoms with E-state index in [0.717, 1.165) is 19.9 Å². The molecule has 0 aliphatic carbocycles. The third-order valence-corrected chi connectivity index (χ3v) is 7.48. The lowest BCUT2D eigenvalue weighted by molar-refractivity contribution is -0.598. The number of benzene rings is 1. The summed E-state index contributed by atoms with van der Waals surface area (Å²) in [5, 5.41) is 0. The zero-order valence-electron chi connectivity index (χ0n) is 17.4. The van der Waals surface area contributed by atoms with Gasteiger partial charge in [0, 0.05) is 27.9 Å². The zero-order chi connectivity index (χ0) is 22.4. The number of thiophene rings is 1. The Kier molecular flexibility index (Phi) is 8.23. The third-order valence-electron chi connectivity index (χ3n) is 4.47. The minimum Gasteiger partial charge on any atom is -0.466 e. The maximum absolute atomic E-state index is 13.4. The highest BCUT2D eigenvalue weighted by atomic mass is 79.9. The van der Waals surface area contributed by atoms with Crippen LogP contribution in [0.4, 0.5) is 0 Å². The Morgan fingerprint density at radius 2 is 1.87 bits per heavy atom. The average Bonchev–Trinajstić information content (AvgIpc) is 3.11. The van der Waals surface area contributed by atoms with Gasteiger partial charge in [-0.25, -0.2) is 0 Å². The largest absolute Gasteiger partial charge is 0.466 e. The molecule has 0 unspecified atom stereocenters. The fraction of sp³-hybridized carbons (Fsp3) is 0.208. The SMILES string of the molecule is C=CCSc1sc(C(=O)c2ccc(Br)cc2)c(CC(=O)OCC)c1-[n+]1ccc(C)cc1. The number of ketones is 1. The third kappa shape index (κ3) is 5.73. The fourth-order valence-electron chi connectivity index (χ4n) is 3.01. The molecule has 3 rings (SSSR count). The summed E-state index contributed by atoms with van der Waals surface area (Å²) in [5.74, 6) is 0.251. The van der Waals surface area contributed by atoms with Crippen LogP contribution < -0.4 is 4.57 Å². The number of hydrogen-bond donors (Lipinski definition) is 0. The van der Waals surface area contributed by atoms with Crippen molar-refractivity contribution in [1.82, 2.24) is 0 Å². The van der Waals surface area contributed by atoms with Crippen molar-refractivity contribution in [2.24, 2.45) is 0 Å². The van der Waals surface area contributed by atoms with Gasteiger partial charge in [0.15, 0.2) is 12.4 Å². The molecule has 0 spiro atoms. The molecule has 31 heavy (non-hydrogen) atoms. The molecule has 0 radical (unpaired) electrons. The van der Waals surface area contributed by atoms with E-state index in [2.05, 4.69) is 22.5 Å². The predicted octanol–water partition coefficient (Wildman–Crippen LogP) is 5.71. The molecule has 2 heterocycles. The molecule has 0 amide bonds. The van der Waals surface area contributed by atoms with E-state index in [4.69, 9.17) is 4.74 Å². The Bertz CT molecular complexity index is 1090. The molecule has 0 fully saturated rings. The second-order valence-electron chi connectivity index (χ2n) is 6.75. The van der Waals surface area contributed by atoms with Gasteiger partial charge in [-0.1, -0.05) is 22.0 Å². The summed E-state index contributed by atoms with van der Waals surface area (Å²) in [7, 11) is 0. The van der Waals surface area contributed by atoms with E-state index < -0.39 is 0 Å². The van der Waals surface area contributed by atoms with Crippen molar-refractivity contribution in [3.05, 3.63) is 87.5 Å². The van der Waals surface area contributed by atoms with Crippen molar-refractivity contribution in [1.29, 1.82) is 0 Å². The molecule has 0 saturated heterocycles. The maximum atomic E-state index is 13.4. The van der Waals surface area contributed by atoms with E-state index in [1.165, 1.54) is 11.3 Å². The number of carbonyl (C=O) groups is 2. The van der Waals surface area contributed by atoms with Gasteiger partial charge in [0.2, 0.25) is 11.5 Å². The number of aryl methyl sites for hydroxylation is 1. The molecule has 0 aliphatic rings. The molecule has 0 bridgehead atoms. The lowest BCUT2D eigenvalue weighted by Crippen LogP contribution is -2.31. The van der Waals surface area contributed by atoms with Crippen molar-refractivity contribution >= 4 is 50.8 Å². The highest BCUT2D eigenvalue weighted by Crippen LogP contribution is 2.38. The maximum Gasteiger partial charge on any atom is 0.310 e. The molecule has 3 aromatic rings. The van der Waals surface area contributed by atoms with Gasteiger partial charge in [0.05, 0.1) is 23.5 Å². The number of thioether (sulfide) groups is 1. The molecular weight excluding hydrogens is 494 g/mol. The number of hydrogen-bond acceptors (Lipinski definition) is 5. The minimum atomic E-state index is -0.348. The molecule has 0 saturated carbocycles. The molecular formula is C24H23BrNO3S2+. The molecule has 160 valence electrons. The topological polar surface area (TPSA) is 47.3 Å². The molecule has 0 aliphatic heterocycles. The summed E-state index contributed by atoms with van der Waals surface area (Å²) in [6, 6.07) is 11.3. The van der Waals surface area contributed by atoms with Crippen LogP contribution in [0, 0.1) is 6.92 Å². The summed E-state index contributed by atoms with van der Waals surface area (Å²) in [5.41, 5.74) is 3.25. The summed E-state index contributed by atoms with van der Waals surface area (Å²) in [6.45, 7) is 7.91. The molecule has 0 N–H and O–H groups in total. The number of aromatic nitrogens is 1. The Hall–Kier alpha value is -2.22. The van der Waals surface area contributed by atoms with E-state index in [0.29, 0.717) is 28.4 Å². The first-order valence-corrected chi connectivity index (χ1v) is 12.4. The first kappa shape index (κ1) is 23.4. The van der Waals surface area contributed by atoms with Gasteiger partial charge in [0.1, 0.15) is 4.21 Å². The average molecular weight is 517 g/mol. The van der Waals surface area contributed by atoms with Crippen LogP contribution >= 0.6 is 39.0 Å². The van der Waals surface area contributed by atoms with E-state index in [9.17, 15) is 9.59 Å². The monoisotopic (exact) mass is 516 g/mol. The van der Waals surface area contributed by atoms with Gasteiger partial charge in [-0.05, 0) is 43.7 Å². The van der Waals surface area contributed by atoms with Gasteiger partial charge in [-0.15, -0.1) is 29.7 Å². The fourth-order valence-corrected chi connectivity index (χ4v) is 5.62. The van der Waals surface area contributed by atoms with Crippen LogP contribution in [-0.4, -0.2) is 24.1 Å². The molecule has 2 aromatic heterocycles. The summed E-state index contributed by atoms with van der Waals surface area (Å²) < 4.78 is 9.06. The minimum absolute atomic E-state index is 0.0345. The number of pyridine rings is 1. The van der Waals surface area contributed by atoms with Gasteiger partial charge in [-0.3, -0.25) is 9.59 Å². The van der Waals surface area contributed by atoms with Crippen LogP contribution in [0.25, 0.3) is 5.69 Å². The van der Waals surface area contributed by atoms with Crippen LogP contribution in [0.5, 0.6) is 0 Å². The smallest absolute Gasteiger partial charge is 0.310 e. The van der Waals surface area contributed by atoms with E-state index in [-0.39, 0.29) is 18.2 Å². The van der Waals surface area contributed by atoms with Crippen LogP contribution in [0.2, 0.25) is 0 Å². The lowest BCUT2D eigenvalue weighted by Gasteiger charge is -2.06. The van der Waals surface area contributed by atoms with Crippen LogP contribution in [0.3, 0.4) is 0 Å². The van der Waals surface area contributed by atoms with Gasteiger partial charge in [0.25, 0.3) is 0 Å². The zero-order valence-corrected chi connectivity index (χ0v) is 20.6. The summed E-state index contributed by atoms with van der Waals surface area (Å²) in [4.78, 5) is 26.5. The van der Waals surface area contributed by atoms with Crippen molar-refractivity contribution < 1.29 is 18.9 Å². The van der Waals surface area contributed by atoms with Gasteiger partial charge in [-0.2, -0.15) is 4.57 Å². The molecule has 0 atom stereocenters. The Morgan fingerprint density at radius 3 is 2.48 bits per heavy atom. The number of esters is 1. The van der Waals surface area contributed by atoms with Crippen LogP contribution in [0.1, 0.15) is 33.3 Å². The van der Waals surface area contributed by atoms with Crippen molar-refractivity contribution in [2.75, 3.05) is 12.4 Å². The number of ether oxygens (including phenoxy) is 1. The second-order valence-corrected chi connectivity index (χ2v) is 9.97. The van der Waals surface area contributed by atoms with Gasteiger partial charge >= 0.3 is 5.97 Å². The van der Waals surface area contributed by atoms with E-state index in [1.807, 2.05) is 54.2 Å². The lowest BCUT2D eigenvalue weighted by atomic mass is 10.0. The van der Waals surface area contributed by atoms with E-state index in [1.54, 1.807) is 30.8 Å². The first-order chi connectivity index (χ1) is 14.9. The van der Waals surface area contributed by atoms with Crippen molar-refractivity contribution in [3.63, 3.8) is 0 Å². The number of carbonyl (C=O) groups excluding carboxylic acids is 2. The number of halogens is 1. The Balaban J connectivity index is 2.18. The predicted molar refractivity (Wildman–Crippen MR) is 129 cm³/mol. The highest BCUT2D eigenvalue weighted by Gasteiger charge is 2.31. The number of nitrogens with zero attached hydrogens (tertiary/aromatic N) is 1. The molecule has 7 heteroatoms.